The van der Waals surface area contributed by atoms with Crippen molar-refractivity contribution in [1.29, 1.82) is 0 Å². The summed E-state index contributed by atoms with van der Waals surface area (Å²) in [5.74, 6) is -0.203. The minimum absolute atomic E-state index is 0.203. The molecule has 0 heterocycles. The monoisotopic (exact) mass is 291 g/mol. The van der Waals surface area contributed by atoms with E-state index in [2.05, 4.69) is 34.5 Å². The fraction of sp³-hybridized carbons (Fsp3) is 0.200. The Morgan fingerprint density at radius 1 is 1.62 bits per heavy atom. The van der Waals surface area contributed by atoms with Crippen LogP contribution in [0.15, 0.2) is 30.4 Å². The average molecular weight is 291 g/mol. The van der Waals surface area contributed by atoms with Gasteiger partial charge in [0, 0.05) is 15.8 Å². The number of hydrogen-bond acceptors (Lipinski definition) is 1. The number of hydrogen-bond donors (Lipinski definition) is 1. The van der Waals surface area contributed by atoms with E-state index in [4.69, 9.17) is 0 Å². The van der Waals surface area contributed by atoms with Gasteiger partial charge in [-0.25, -0.2) is 4.39 Å². The predicted octanol–water partition coefficient (Wildman–Crippen LogP) is 3.42. The van der Waals surface area contributed by atoms with Crippen molar-refractivity contribution >= 4 is 28.3 Å². The van der Waals surface area contributed by atoms with Gasteiger partial charge in [0.05, 0.1) is 0 Å². The molecule has 0 unspecified atom stereocenters. The number of anilines is 1. The van der Waals surface area contributed by atoms with Crippen LogP contribution in [0.5, 0.6) is 0 Å². The molecule has 0 amide bonds. The zero-order chi connectivity index (χ0) is 9.84. The molecule has 0 fully saturated rings. The highest BCUT2D eigenvalue weighted by atomic mass is 127. The van der Waals surface area contributed by atoms with Gasteiger partial charge in [-0.2, -0.15) is 0 Å². The van der Waals surface area contributed by atoms with Crippen molar-refractivity contribution in [3.63, 3.8) is 0 Å². The SMILES string of the molecule is C=C(C)CNc1ccc(F)cc1I. The lowest BCUT2D eigenvalue weighted by Gasteiger charge is -2.07. The smallest absolute Gasteiger partial charge is 0.124 e. The summed E-state index contributed by atoms with van der Waals surface area (Å²) in [5.41, 5.74) is 2.00. The molecule has 0 bridgehead atoms. The van der Waals surface area contributed by atoms with E-state index >= 15 is 0 Å². The minimum Gasteiger partial charge on any atom is -0.380 e. The van der Waals surface area contributed by atoms with Crippen LogP contribution in [0.3, 0.4) is 0 Å². The van der Waals surface area contributed by atoms with Gasteiger partial charge in [-0.3, -0.25) is 0 Å². The van der Waals surface area contributed by atoms with Crippen molar-refractivity contribution in [3.8, 4) is 0 Å². The first kappa shape index (κ1) is 10.5. The first-order chi connectivity index (χ1) is 6.09. The van der Waals surface area contributed by atoms with Crippen molar-refractivity contribution in [2.75, 3.05) is 11.9 Å². The van der Waals surface area contributed by atoms with Crippen molar-refractivity contribution in [2.24, 2.45) is 0 Å². The second kappa shape index (κ2) is 4.60. The molecule has 1 aromatic carbocycles. The van der Waals surface area contributed by atoms with Gasteiger partial charge in [-0.1, -0.05) is 12.2 Å². The number of halogens is 2. The van der Waals surface area contributed by atoms with Crippen molar-refractivity contribution in [3.05, 3.63) is 39.7 Å². The van der Waals surface area contributed by atoms with Crippen LogP contribution >= 0.6 is 22.6 Å². The van der Waals surface area contributed by atoms with Crippen LogP contribution in [-0.4, -0.2) is 6.54 Å². The van der Waals surface area contributed by atoms with E-state index < -0.39 is 0 Å². The van der Waals surface area contributed by atoms with Gasteiger partial charge in [-0.15, -0.1) is 0 Å². The fourth-order valence-electron chi connectivity index (χ4n) is 0.879. The molecule has 0 saturated carbocycles. The number of rotatable bonds is 3. The zero-order valence-corrected chi connectivity index (χ0v) is 9.56. The highest BCUT2D eigenvalue weighted by molar-refractivity contribution is 14.1. The molecule has 0 aliphatic heterocycles. The first-order valence-electron chi connectivity index (χ1n) is 3.93. The minimum atomic E-state index is -0.203. The van der Waals surface area contributed by atoms with Crippen molar-refractivity contribution < 1.29 is 4.39 Å². The highest BCUT2D eigenvalue weighted by Gasteiger charge is 1.99. The van der Waals surface area contributed by atoms with E-state index in [0.29, 0.717) is 0 Å². The van der Waals surface area contributed by atoms with Gasteiger partial charge in [0.2, 0.25) is 0 Å². The zero-order valence-electron chi connectivity index (χ0n) is 7.40. The number of benzene rings is 1. The van der Waals surface area contributed by atoms with Gasteiger partial charge in [0.15, 0.2) is 0 Å². The fourth-order valence-corrected chi connectivity index (χ4v) is 1.55. The molecule has 1 nitrogen and oxygen atoms in total. The van der Waals surface area contributed by atoms with E-state index in [1.165, 1.54) is 12.1 Å². The molecule has 1 N–H and O–H groups in total. The summed E-state index contributed by atoms with van der Waals surface area (Å²) >= 11 is 2.10. The Labute approximate surface area is 91.2 Å². The van der Waals surface area contributed by atoms with Crippen LogP contribution in [0.2, 0.25) is 0 Å². The van der Waals surface area contributed by atoms with Gasteiger partial charge in [-0.05, 0) is 47.7 Å². The van der Waals surface area contributed by atoms with Crippen LogP contribution in [-0.2, 0) is 0 Å². The Morgan fingerprint density at radius 3 is 2.85 bits per heavy atom. The van der Waals surface area contributed by atoms with E-state index in [0.717, 1.165) is 21.4 Å². The third kappa shape index (κ3) is 3.34. The second-order valence-corrected chi connectivity index (χ2v) is 4.10. The highest BCUT2D eigenvalue weighted by Crippen LogP contribution is 2.18. The van der Waals surface area contributed by atoms with Gasteiger partial charge in [0.25, 0.3) is 0 Å². The van der Waals surface area contributed by atoms with Gasteiger partial charge >= 0.3 is 0 Å². The Kier molecular flexibility index (Phi) is 3.71. The van der Waals surface area contributed by atoms with E-state index in [1.54, 1.807) is 6.07 Å². The van der Waals surface area contributed by atoms with E-state index in [9.17, 15) is 4.39 Å². The van der Waals surface area contributed by atoms with Gasteiger partial charge < -0.3 is 5.32 Å². The second-order valence-electron chi connectivity index (χ2n) is 2.93. The summed E-state index contributed by atoms with van der Waals surface area (Å²) < 4.78 is 13.6. The Bertz CT molecular complexity index is 323. The third-order valence-corrected chi connectivity index (χ3v) is 2.40. The summed E-state index contributed by atoms with van der Waals surface area (Å²) in [6.45, 7) is 6.45. The maximum absolute atomic E-state index is 12.7. The average Bonchev–Trinajstić information content (AvgIpc) is 2.02. The van der Waals surface area contributed by atoms with Crippen LogP contribution in [0, 0.1) is 9.39 Å². The molecule has 0 aromatic heterocycles. The molecule has 0 spiro atoms. The molecule has 0 radical (unpaired) electrons. The summed E-state index contributed by atoms with van der Waals surface area (Å²) in [5, 5.41) is 3.17. The molecule has 0 aliphatic rings. The summed E-state index contributed by atoms with van der Waals surface area (Å²) in [6.07, 6.45) is 0. The van der Waals surface area contributed by atoms with Crippen LogP contribution < -0.4 is 5.32 Å². The van der Waals surface area contributed by atoms with Gasteiger partial charge in [0.1, 0.15) is 5.82 Å². The van der Waals surface area contributed by atoms with Crippen LogP contribution in [0.25, 0.3) is 0 Å². The molecule has 13 heavy (non-hydrogen) atoms. The largest absolute Gasteiger partial charge is 0.380 e. The van der Waals surface area contributed by atoms with Crippen molar-refractivity contribution in [1.82, 2.24) is 0 Å². The van der Waals surface area contributed by atoms with Crippen molar-refractivity contribution in [2.45, 2.75) is 6.92 Å². The lowest BCUT2D eigenvalue weighted by Crippen LogP contribution is -2.03. The lowest BCUT2D eigenvalue weighted by atomic mass is 10.3. The lowest BCUT2D eigenvalue weighted by molar-refractivity contribution is 0.627. The maximum atomic E-state index is 12.7. The molecular weight excluding hydrogens is 280 g/mol. The maximum Gasteiger partial charge on any atom is 0.124 e. The van der Waals surface area contributed by atoms with Crippen LogP contribution in [0.1, 0.15) is 6.92 Å². The van der Waals surface area contributed by atoms with Crippen LogP contribution in [0.4, 0.5) is 10.1 Å². The van der Waals surface area contributed by atoms with E-state index in [-0.39, 0.29) is 5.82 Å². The molecule has 3 heteroatoms. The molecule has 0 saturated heterocycles. The first-order valence-corrected chi connectivity index (χ1v) is 5.01. The van der Waals surface area contributed by atoms with E-state index in [1.807, 2.05) is 6.92 Å². The molecule has 0 atom stereocenters. The number of nitrogens with one attached hydrogen (secondary N) is 1. The molecule has 1 aromatic rings. The Hall–Kier alpha value is -0.580. The molecule has 0 aliphatic carbocycles. The quantitative estimate of drug-likeness (QED) is 0.664. The Balaban J connectivity index is 2.72. The molecular formula is C10H11FIN. The normalized spacial score (nSPS) is 9.77. The predicted molar refractivity (Wildman–Crippen MR) is 62.4 cm³/mol. The Morgan fingerprint density at radius 2 is 2.31 bits per heavy atom. The standard InChI is InChI=1S/C10H11FIN/c1-7(2)6-13-10-4-3-8(11)5-9(10)12/h3-5,13H,1,6H2,2H3. The molecule has 1 rings (SSSR count). The molecule has 70 valence electrons. The topological polar surface area (TPSA) is 12.0 Å². The summed E-state index contributed by atoms with van der Waals surface area (Å²) in [6, 6.07) is 4.68. The third-order valence-electron chi connectivity index (χ3n) is 1.51. The summed E-state index contributed by atoms with van der Waals surface area (Å²) in [4.78, 5) is 0. The summed E-state index contributed by atoms with van der Waals surface area (Å²) in [7, 11) is 0.